The smallest absolute Gasteiger partial charge is 0.191 e. The third-order valence-electron chi connectivity index (χ3n) is 0.791. The Balaban J connectivity index is 3.24. The van der Waals surface area contributed by atoms with Crippen LogP contribution in [0, 0.1) is 11.3 Å². The molecule has 0 aliphatic rings. The number of aromatic amines is 1. The number of hydrogen-bond donors (Lipinski definition) is 2. The molecule has 0 aromatic carbocycles. The zero-order valence-corrected chi connectivity index (χ0v) is 6.86. The first kappa shape index (κ1) is 6.93. The number of nitrogens with one attached hydrogen (secondary N) is 1. The highest BCUT2D eigenvalue weighted by Crippen LogP contribution is 2.20. The van der Waals surface area contributed by atoms with Crippen molar-refractivity contribution < 1.29 is 4.37 Å². The number of rotatable bonds is 0. The van der Waals surface area contributed by atoms with Gasteiger partial charge in [-0.05, 0) is 0 Å². The van der Waals surface area contributed by atoms with Crippen LogP contribution in [0.2, 0.25) is 0 Å². The molecular formula is C4H3N2S3+. The van der Waals surface area contributed by atoms with Crippen LogP contribution in [-0.4, -0.2) is 0 Å². The van der Waals surface area contributed by atoms with Gasteiger partial charge in [-0.15, -0.1) is 17.0 Å². The average molecular weight is 175 g/mol. The first-order valence-corrected chi connectivity index (χ1v) is 3.79. The number of nitrogens with zero attached hydrogens (tertiary/aromatic N) is 1. The van der Waals surface area contributed by atoms with Gasteiger partial charge in [-0.3, -0.25) is 0 Å². The van der Waals surface area contributed by atoms with Gasteiger partial charge in [0.15, 0.2) is 16.4 Å². The fourth-order valence-electron chi connectivity index (χ4n) is 0.379. The van der Waals surface area contributed by atoms with Crippen molar-refractivity contribution >= 4 is 36.8 Å². The van der Waals surface area contributed by atoms with Crippen LogP contribution in [0.1, 0.15) is 4.88 Å². The van der Waals surface area contributed by atoms with Crippen molar-refractivity contribution in [3.63, 3.8) is 0 Å². The number of H-pyrrole nitrogens is 1. The first-order valence-electron chi connectivity index (χ1n) is 2.08. The molecule has 0 atom stereocenters. The van der Waals surface area contributed by atoms with E-state index in [2.05, 4.69) is 29.6 Å². The van der Waals surface area contributed by atoms with Crippen molar-refractivity contribution in [3.05, 3.63) is 4.88 Å². The van der Waals surface area contributed by atoms with Crippen LogP contribution in [0.25, 0.3) is 0 Å². The lowest BCUT2D eigenvalue weighted by Crippen LogP contribution is -1.90. The van der Waals surface area contributed by atoms with Crippen molar-refractivity contribution in [2.75, 3.05) is 0 Å². The molecule has 0 radical (unpaired) electrons. The van der Waals surface area contributed by atoms with Gasteiger partial charge < -0.3 is 0 Å². The second-order valence-corrected chi connectivity index (χ2v) is 3.05. The molecule has 1 aromatic rings. The van der Waals surface area contributed by atoms with Gasteiger partial charge in [0.2, 0.25) is 0 Å². The molecule has 1 heterocycles. The van der Waals surface area contributed by atoms with Crippen molar-refractivity contribution in [2.45, 2.75) is 9.92 Å². The summed E-state index contributed by atoms with van der Waals surface area (Å²) in [6.07, 6.45) is 0. The Hall–Kier alpha value is -0.180. The maximum Gasteiger partial charge on any atom is 0.264 e. The summed E-state index contributed by atoms with van der Waals surface area (Å²) in [6, 6.07) is 1.98. The normalized spacial score (nSPS) is 9.00. The minimum absolute atomic E-state index is 0.573. The van der Waals surface area contributed by atoms with Crippen LogP contribution < -0.4 is 4.37 Å². The Morgan fingerprint density at radius 2 is 2.22 bits per heavy atom. The van der Waals surface area contributed by atoms with Gasteiger partial charge in [0, 0.05) is 0 Å². The molecule has 1 N–H and O–H groups in total. The molecule has 0 spiro atoms. The molecule has 9 heavy (non-hydrogen) atoms. The van der Waals surface area contributed by atoms with E-state index < -0.39 is 0 Å². The summed E-state index contributed by atoms with van der Waals surface area (Å²) < 4.78 is 2.79. The maximum absolute atomic E-state index is 8.39. The van der Waals surface area contributed by atoms with Crippen LogP contribution in [-0.2, 0) is 0 Å². The Morgan fingerprint density at radius 3 is 2.44 bits per heavy atom. The highest BCUT2D eigenvalue weighted by Gasteiger charge is 2.11. The molecule has 0 bridgehead atoms. The lowest BCUT2D eigenvalue weighted by atomic mass is 10.5. The van der Waals surface area contributed by atoms with Gasteiger partial charge >= 0.3 is 0 Å². The van der Waals surface area contributed by atoms with Crippen molar-refractivity contribution in [3.8, 4) is 6.07 Å². The van der Waals surface area contributed by atoms with Crippen LogP contribution in [0.5, 0.6) is 0 Å². The van der Waals surface area contributed by atoms with Gasteiger partial charge in [-0.25, -0.2) is 0 Å². The van der Waals surface area contributed by atoms with Gasteiger partial charge in [0.05, 0.1) is 0 Å². The summed E-state index contributed by atoms with van der Waals surface area (Å²) in [4.78, 5) is 1.20. The molecule has 1 rings (SSSR count). The average Bonchev–Trinajstić information content (AvgIpc) is 2.15. The summed E-state index contributed by atoms with van der Waals surface area (Å²) in [5, 5.41) is 9.04. The van der Waals surface area contributed by atoms with Crippen LogP contribution in [0.15, 0.2) is 9.92 Å². The predicted molar refractivity (Wildman–Crippen MR) is 40.1 cm³/mol. The summed E-state index contributed by atoms with van der Waals surface area (Å²) in [7, 11) is 0. The largest absolute Gasteiger partial charge is 0.264 e. The van der Waals surface area contributed by atoms with Crippen molar-refractivity contribution in [1.82, 2.24) is 0 Å². The summed E-state index contributed by atoms with van der Waals surface area (Å²) in [5.74, 6) is 0. The van der Waals surface area contributed by atoms with Gasteiger partial charge in [-0.1, -0.05) is 12.6 Å². The van der Waals surface area contributed by atoms with Gasteiger partial charge in [-0.2, -0.15) is 5.26 Å². The predicted octanol–water partition coefficient (Wildman–Crippen LogP) is 1.01. The van der Waals surface area contributed by atoms with E-state index in [0.717, 1.165) is 0 Å². The second-order valence-electron chi connectivity index (χ2n) is 1.34. The Bertz CT molecular complexity index is 259. The third-order valence-corrected chi connectivity index (χ3v) is 2.86. The van der Waals surface area contributed by atoms with Gasteiger partial charge in [0.1, 0.15) is 11.0 Å². The van der Waals surface area contributed by atoms with Gasteiger partial charge in [0.25, 0.3) is 5.03 Å². The number of nitriles is 1. The zero-order chi connectivity index (χ0) is 6.85. The van der Waals surface area contributed by atoms with E-state index in [1.54, 1.807) is 0 Å². The Kier molecular flexibility index (Phi) is 2.01. The second kappa shape index (κ2) is 2.60. The molecule has 0 fully saturated rings. The lowest BCUT2D eigenvalue weighted by molar-refractivity contribution is -0.345. The molecule has 5 heteroatoms. The quantitative estimate of drug-likeness (QED) is 0.567. The van der Waals surface area contributed by atoms with Crippen molar-refractivity contribution in [1.29, 1.82) is 5.26 Å². The topological polar surface area (TPSA) is 37.9 Å². The SMILES string of the molecule is N#Cc1s[nH+]c(S)c1S. The molecule has 46 valence electrons. The third kappa shape index (κ3) is 1.21. The lowest BCUT2D eigenvalue weighted by Gasteiger charge is -1.73. The fraction of sp³-hybridized carbons (Fsp3) is 0. The van der Waals surface area contributed by atoms with E-state index in [9.17, 15) is 0 Å². The molecule has 0 saturated carbocycles. The highest BCUT2D eigenvalue weighted by atomic mass is 32.1. The minimum Gasteiger partial charge on any atom is -0.191 e. The van der Waals surface area contributed by atoms with E-state index in [1.807, 2.05) is 6.07 Å². The first-order chi connectivity index (χ1) is 4.25. The molecule has 1 aromatic heterocycles. The molecule has 0 amide bonds. The standard InChI is InChI=1S/C4H2N2S3/c5-1-2-3(7)4(8)6-9-2/h7H,(H,6,8)/p+1. The summed E-state index contributed by atoms with van der Waals surface area (Å²) in [6.45, 7) is 0. The Labute approximate surface area is 67.5 Å². The van der Waals surface area contributed by atoms with Crippen LogP contribution >= 0.6 is 36.8 Å². The number of aromatic nitrogens is 1. The maximum atomic E-state index is 8.39. The fourth-order valence-corrected chi connectivity index (χ4v) is 1.57. The number of hydrogen-bond acceptors (Lipinski definition) is 4. The van der Waals surface area contributed by atoms with E-state index in [-0.39, 0.29) is 0 Å². The zero-order valence-electron chi connectivity index (χ0n) is 4.25. The summed E-state index contributed by atoms with van der Waals surface area (Å²) >= 11 is 9.26. The summed E-state index contributed by atoms with van der Waals surface area (Å²) in [5.41, 5.74) is 0. The van der Waals surface area contributed by atoms with E-state index in [4.69, 9.17) is 5.26 Å². The molecule has 0 saturated heterocycles. The molecule has 2 nitrogen and oxygen atoms in total. The highest BCUT2D eigenvalue weighted by molar-refractivity contribution is 7.83. The molecular weight excluding hydrogens is 172 g/mol. The minimum atomic E-state index is 0.573. The number of thiol groups is 2. The van der Waals surface area contributed by atoms with E-state index in [1.165, 1.54) is 11.5 Å². The van der Waals surface area contributed by atoms with E-state index >= 15 is 0 Å². The Morgan fingerprint density at radius 1 is 1.56 bits per heavy atom. The molecule has 0 aliphatic heterocycles. The van der Waals surface area contributed by atoms with Crippen LogP contribution in [0.4, 0.5) is 0 Å². The van der Waals surface area contributed by atoms with Crippen molar-refractivity contribution in [2.24, 2.45) is 0 Å². The van der Waals surface area contributed by atoms with E-state index in [0.29, 0.717) is 14.8 Å². The monoisotopic (exact) mass is 175 g/mol. The molecule has 0 unspecified atom stereocenters. The van der Waals surface area contributed by atoms with Crippen LogP contribution in [0.3, 0.4) is 0 Å². The molecule has 0 aliphatic carbocycles.